The first-order valence-electron chi connectivity index (χ1n) is 4.22. The molecule has 4 nitrogen and oxygen atoms in total. The standard InChI is InChI=1S/C9H12O4S/c1-5(9(12)13)14-8-4-6(10)2-3-7(8)11/h4-5,10-11H,2-3H2,1H3,(H,12,13). The van der Waals surface area contributed by atoms with E-state index in [1.165, 1.54) is 13.0 Å². The second kappa shape index (κ2) is 4.41. The average Bonchev–Trinajstić information content (AvgIpc) is 2.11. The van der Waals surface area contributed by atoms with E-state index >= 15 is 0 Å². The molecule has 0 fully saturated rings. The third kappa shape index (κ3) is 2.70. The average molecular weight is 216 g/mol. The Kier molecular flexibility index (Phi) is 3.46. The van der Waals surface area contributed by atoms with E-state index < -0.39 is 11.2 Å². The SMILES string of the molecule is CC(SC1=C(O)CCC(O)=C1)C(=O)O. The van der Waals surface area contributed by atoms with E-state index in [0.717, 1.165) is 11.8 Å². The molecule has 0 aromatic heterocycles. The number of thioether (sulfide) groups is 1. The van der Waals surface area contributed by atoms with Crippen molar-refractivity contribution in [1.82, 2.24) is 0 Å². The number of carboxylic acid groups (broad SMARTS) is 1. The van der Waals surface area contributed by atoms with Crippen LogP contribution >= 0.6 is 11.8 Å². The van der Waals surface area contributed by atoms with E-state index in [0.29, 0.717) is 17.7 Å². The summed E-state index contributed by atoms with van der Waals surface area (Å²) in [7, 11) is 0. The van der Waals surface area contributed by atoms with Gasteiger partial charge < -0.3 is 15.3 Å². The predicted molar refractivity (Wildman–Crippen MR) is 54.3 cm³/mol. The normalized spacial score (nSPS) is 19.1. The maximum atomic E-state index is 10.6. The van der Waals surface area contributed by atoms with Crippen molar-refractivity contribution in [1.29, 1.82) is 0 Å². The molecular formula is C9H12O4S. The lowest BCUT2D eigenvalue weighted by Crippen LogP contribution is -2.12. The summed E-state index contributed by atoms with van der Waals surface area (Å²) in [5, 5.41) is 26.7. The van der Waals surface area contributed by atoms with Gasteiger partial charge >= 0.3 is 5.97 Å². The van der Waals surface area contributed by atoms with E-state index in [4.69, 9.17) is 5.11 Å². The Hall–Kier alpha value is -1.10. The first-order chi connectivity index (χ1) is 6.50. The number of carbonyl (C=O) groups is 1. The number of hydrogen-bond acceptors (Lipinski definition) is 4. The van der Waals surface area contributed by atoms with Crippen molar-refractivity contribution < 1.29 is 20.1 Å². The number of aliphatic carboxylic acids is 1. The highest BCUT2D eigenvalue weighted by Gasteiger charge is 2.18. The zero-order valence-electron chi connectivity index (χ0n) is 7.73. The van der Waals surface area contributed by atoms with Gasteiger partial charge in [-0.15, -0.1) is 11.8 Å². The van der Waals surface area contributed by atoms with E-state index in [1.807, 2.05) is 0 Å². The van der Waals surface area contributed by atoms with Crippen molar-refractivity contribution in [3.05, 3.63) is 22.5 Å². The number of carboxylic acids is 1. The Morgan fingerprint density at radius 3 is 2.71 bits per heavy atom. The van der Waals surface area contributed by atoms with Crippen LogP contribution in [0.1, 0.15) is 19.8 Å². The largest absolute Gasteiger partial charge is 0.512 e. The van der Waals surface area contributed by atoms with E-state index in [2.05, 4.69) is 0 Å². The molecule has 0 aromatic carbocycles. The highest BCUT2D eigenvalue weighted by molar-refractivity contribution is 8.04. The molecule has 0 amide bonds. The molecule has 78 valence electrons. The van der Waals surface area contributed by atoms with Gasteiger partial charge in [0, 0.05) is 17.7 Å². The molecular weight excluding hydrogens is 204 g/mol. The van der Waals surface area contributed by atoms with Crippen LogP contribution in [0.25, 0.3) is 0 Å². The first kappa shape index (κ1) is 11.0. The summed E-state index contributed by atoms with van der Waals surface area (Å²) in [6, 6.07) is 0. The van der Waals surface area contributed by atoms with Crippen LogP contribution in [0.5, 0.6) is 0 Å². The van der Waals surface area contributed by atoms with Crippen LogP contribution in [0, 0.1) is 0 Å². The van der Waals surface area contributed by atoms with Crippen molar-refractivity contribution in [3.63, 3.8) is 0 Å². The maximum Gasteiger partial charge on any atom is 0.316 e. The summed E-state index contributed by atoms with van der Waals surface area (Å²) in [4.78, 5) is 11.0. The summed E-state index contributed by atoms with van der Waals surface area (Å²) in [5.74, 6) is -0.599. The lowest BCUT2D eigenvalue weighted by atomic mass is 10.1. The van der Waals surface area contributed by atoms with Gasteiger partial charge in [-0.2, -0.15) is 0 Å². The lowest BCUT2D eigenvalue weighted by molar-refractivity contribution is -0.136. The number of aliphatic hydroxyl groups excluding tert-OH is 2. The molecule has 0 radical (unpaired) electrons. The summed E-state index contributed by atoms with van der Waals surface area (Å²) in [6.45, 7) is 1.53. The molecule has 1 atom stereocenters. The predicted octanol–water partition coefficient (Wildman–Crippen LogP) is 2.20. The molecule has 0 saturated heterocycles. The summed E-state index contributed by atoms with van der Waals surface area (Å²) in [6.07, 6.45) is 2.21. The number of allylic oxidation sites excluding steroid dienone is 3. The van der Waals surface area contributed by atoms with Crippen LogP contribution in [-0.2, 0) is 4.79 Å². The lowest BCUT2D eigenvalue weighted by Gasteiger charge is -2.14. The maximum absolute atomic E-state index is 10.6. The van der Waals surface area contributed by atoms with Crippen molar-refractivity contribution in [2.45, 2.75) is 25.0 Å². The third-order valence-electron chi connectivity index (χ3n) is 1.85. The quantitative estimate of drug-likeness (QED) is 0.674. The van der Waals surface area contributed by atoms with Gasteiger partial charge in [0.25, 0.3) is 0 Å². The highest BCUT2D eigenvalue weighted by Crippen LogP contribution is 2.31. The van der Waals surface area contributed by atoms with Gasteiger partial charge in [-0.1, -0.05) is 0 Å². The molecule has 1 unspecified atom stereocenters. The van der Waals surface area contributed by atoms with Gasteiger partial charge in [0.1, 0.15) is 11.0 Å². The fourth-order valence-corrected chi connectivity index (χ4v) is 1.94. The van der Waals surface area contributed by atoms with Crippen LogP contribution in [0.3, 0.4) is 0 Å². The fourth-order valence-electron chi connectivity index (χ4n) is 1.02. The molecule has 0 spiro atoms. The second-order valence-electron chi connectivity index (χ2n) is 3.04. The Labute approximate surface area is 85.9 Å². The summed E-state index contributed by atoms with van der Waals surface area (Å²) < 4.78 is 0. The highest BCUT2D eigenvalue weighted by atomic mass is 32.2. The molecule has 0 heterocycles. The molecule has 3 N–H and O–H groups in total. The number of hydrogen-bond donors (Lipinski definition) is 3. The third-order valence-corrected chi connectivity index (χ3v) is 3.01. The first-order valence-corrected chi connectivity index (χ1v) is 5.09. The van der Waals surface area contributed by atoms with Gasteiger partial charge in [-0.25, -0.2) is 0 Å². The zero-order chi connectivity index (χ0) is 10.7. The van der Waals surface area contributed by atoms with Crippen LogP contribution in [0.15, 0.2) is 22.5 Å². The van der Waals surface area contributed by atoms with Crippen molar-refractivity contribution in [2.75, 3.05) is 0 Å². The minimum Gasteiger partial charge on any atom is -0.512 e. The summed E-state index contributed by atoms with van der Waals surface area (Å²) in [5.41, 5.74) is 0. The molecule has 1 aliphatic carbocycles. The zero-order valence-corrected chi connectivity index (χ0v) is 8.54. The minimum absolute atomic E-state index is 0.154. The second-order valence-corrected chi connectivity index (χ2v) is 4.43. The number of rotatable bonds is 3. The Balaban J connectivity index is 2.72. The van der Waals surface area contributed by atoms with E-state index in [-0.39, 0.29) is 11.5 Å². The molecule has 5 heteroatoms. The number of aliphatic hydroxyl groups is 2. The van der Waals surface area contributed by atoms with Crippen LogP contribution in [0.2, 0.25) is 0 Å². The van der Waals surface area contributed by atoms with Gasteiger partial charge in [-0.05, 0) is 13.0 Å². The van der Waals surface area contributed by atoms with Crippen molar-refractivity contribution >= 4 is 17.7 Å². The van der Waals surface area contributed by atoms with Crippen molar-refractivity contribution in [2.24, 2.45) is 0 Å². The van der Waals surface area contributed by atoms with Gasteiger partial charge in [0.05, 0.1) is 5.76 Å². The molecule has 0 saturated carbocycles. The smallest absolute Gasteiger partial charge is 0.316 e. The molecule has 1 aliphatic rings. The Bertz CT molecular complexity index is 306. The fraction of sp³-hybridized carbons (Fsp3) is 0.444. The molecule has 14 heavy (non-hydrogen) atoms. The molecule has 0 aromatic rings. The Morgan fingerprint density at radius 2 is 2.14 bits per heavy atom. The molecule has 0 bridgehead atoms. The van der Waals surface area contributed by atoms with E-state index in [9.17, 15) is 15.0 Å². The summed E-state index contributed by atoms with van der Waals surface area (Å²) >= 11 is 1.03. The van der Waals surface area contributed by atoms with Gasteiger partial charge in [-0.3, -0.25) is 4.79 Å². The van der Waals surface area contributed by atoms with E-state index in [1.54, 1.807) is 0 Å². The molecule has 0 aliphatic heterocycles. The van der Waals surface area contributed by atoms with Crippen LogP contribution < -0.4 is 0 Å². The Morgan fingerprint density at radius 1 is 1.50 bits per heavy atom. The van der Waals surface area contributed by atoms with Crippen LogP contribution in [-0.4, -0.2) is 26.5 Å². The van der Waals surface area contributed by atoms with Gasteiger partial charge in [0.15, 0.2) is 0 Å². The minimum atomic E-state index is -0.936. The van der Waals surface area contributed by atoms with Gasteiger partial charge in [0.2, 0.25) is 0 Å². The monoisotopic (exact) mass is 216 g/mol. The van der Waals surface area contributed by atoms with Crippen LogP contribution in [0.4, 0.5) is 0 Å². The molecule has 1 rings (SSSR count). The van der Waals surface area contributed by atoms with Crippen molar-refractivity contribution in [3.8, 4) is 0 Å². The topological polar surface area (TPSA) is 77.8 Å².